The fourth-order valence-corrected chi connectivity index (χ4v) is 3.19. The summed E-state index contributed by atoms with van der Waals surface area (Å²) in [7, 11) is 1.17. The number of aromatic nitrogens is 1. The van der Waals surface area contributed by atoms with E-state index >= 15 is 0 Å². The van der Waals surface area contributed by atoms with E-state index in [-0.39, 0.29) is 17.2 Å². The molecule has 0 spiro atoms. The molecule has 1 aromatic carbocycles. The monoisotopic (exact) mass is 333 g/mol. The minimum Gasteiger partial charge on any atom is -0.399 e. The van der Waals surface area contributed by atoms with E-state index in [0.29, 0.717) is 5.13 Å². The molecular formula is C15H20BN3O3S. The first kappa shape index (κ1) is 16.2. The third-order valence-electron chi connectivity index (χ3n) is 4.39. The van der Waals surface area contributed by atoms with Gasteiger partial charge in [-0.1, -0.05) is 17.4 Å². The second kappa shape index (κ2) is 5.47. The molecule has 8 heteroatoms. The van der Waals surface area contributed by atoms with E-state index in [9.17, 15) is 4.79 Å². The molecule has 0 radical (unpaired) electrons. The molecule has 2 amide bonds. The summed E-state index contributed by atoms with van der Waals surface area (Å²) in [5.41, 5.74) is 1.05. The maximum atomic E-state index is 11.4. The number of rotatable bonds is 2. The number of urea groups is 1. The van der Waals surface area contributed by atoms with Crippen LogP contribution in [0.4, 0.5) is 9.93 Å². The topological polar surface area (TPSA) is 72.5 Å². The number of anilines is 1. The minimum absolute atomic E-state index is 0.282. The van der Waals surface area contributed by atoms with Crippen LogP contribution in [0.25, 0.3) is 10.2 Å². The molecule has 1 fully saturated rings. The second-order valence-corrected chi connectivity index (χ2v) is 7.57. The molecule has 1 aliphatic heterocycles. The summed E-state index contributed by atoms with van der Waals surface area (Å²) in [4.78, 5) is 15.8. The summed E-state index contributed by atoms with van der Waals surface area (Å²) in [6, 6.07) is 5.59. The molecule has 2 heterocycles. The maximum Gasteiger partial charge on any atom is 0.494 e. The Morgan fingerprint density at radius 1 is 1.22 bits per heavy atom. The van der Waals surface area contributed by atoms with Gasteiger partial charge in [0.15, 0.2) is 5.13 Å². The lowest BCUT2D eigenvalue weighted by Gasteiger charge is -2.32. The van der Waals surface area contributed by atoms with Crippen molar-refractivity contribution in [3.63, 3.8) is 0 Å². The third-order valence-corrected chi connectivity index (χ3v) is 5.32. The molecule has 0 aliphatic carbocycles. The Morgan fingerprint density at radius 2 is 1.87 bits per heavy atom. The van der Waals surface area contributed by atoms with Crippen molar-refractivity contribution in [1.82, 2.24) is 10.3 Å². The van der Waals surface area contributed by atoms with Gasteiger partial charge in [-0.25, -0.2) is 9.78 Å². The van der Waals surface area contributed by atoms with Crippen molar-refractivity contribution in [2.45, 2.75) is 38.9 Å². The molecule has 6 nitrogen and oxygen atoms in total. The summed E-state index contributed by atoms with van der Waals surface area (Å²) < 4.78 is 13.1. The Labute approximate surface area is 139 Å². The first-order valence-electron chi connectivity index (χ1n) is 7.47. The average molecular weight is 333 g/mol. The molecule has 2 aromatic rings. The highest BCUT2D eigenvalue weighted by atomic mass is 32.1. The number of carbonyl (C=O) groups is 1. The molecule has 1 aliphatic rings. The SMILES string of the molecule is CNC(=O)Nc1nc2ccc(B3OC(C)(C)C(C)(C)O3)cc2s1. The predicted molar refractivity (Wildman–Crippen MR) is 93.4 cm³/mol. The van der Waals surface area contributed by atoms with Gasteiger partial charge in [-0.15, -0.1) is 0 Å². The van der Waals surface area contributed by atoms with Crippen LogP contribution < -0.4 is 16.1 Å². The average Bonchev–Trinajstić information content (AvgIpc) is 2.95. The van der Waals surface area contributed by atoms with E-state index in [1.54, 1.807) is 7.05 Å². The van der Waals surface area contributed by atoms with Gasteiger partial charge in [-0.2, -0.15) is 0 Å². The summed E-state index contributed by atoms with van der Waals surface area (Å²) in [5, 5.41) is 5.76. The number of nitrogens with one attached hydrogen (secondary N) is 2. The maximum absolute atomic E-state index is 11.4. The van der Waals surface area contributed by atoms with E-state index in [4.69, 9.17) is 9.31 Å². The summed E-state index contributed by atoms with van der Waals surface area (Å²) in [5.74, 6) is 0. The zero-order valence-corrected chi connectivity index (χ0v) is 14.7. The van der Waals surface area contributed by atoms with Crippen molar-refractivity contribution < 1.29 is 14.1 Å². The fraction of sp³-hybridized carbons (Fsp3) is 0.467. The van der Waals surface area contributed by atoms with E-state index in [1.807, 2.05) is 45.9 Å². The lowest BCUT2D eigenvalue weighted by molar-refractivity contribution is 0.00578. The number of thiazole rings is 1. The Morgan fingerprint density at radius 3 is 2.48 bits per heavy atom. The highest BCUT2D eigenvalue weighted by Gasteiger charge is 2.51. The van der Waals surface area contributed by atoms with Crippen LogP contribution in [0.2, 0.25) is 0 Å². The zero-order chi connectivity index (χ0) is 16.8. The van der Waals surface area contributed by atoms with Gasteiger partial charge in [0.05, 0.1) is 21.4 Å². The third kappa shape index (κ3) is 2.94. The molecule has 0 saturated carbocycles. The second-order valence-electron chi connectivity index (χ2n) is 6.54. The van der Waals surface area contributed by atoms with Crippen LogP contribution in [0.15, 0.2) is 18.2 Å². The van der Waals surface area contributed by atoms with Crippen LogP contribution in [-0.4, -0.2) is 36.4 Å². The van der Waals surface area contributed by atoms with Crippen molar-refractivity contribution in [3.8, 4) is 0 Å². The van der Waals surface area contributed by atoms with Crippen molar-refractivity contribution >= 4 is 45.3 Å². The number of hydrogen-bond donors (Lipinski definition) is 2. The fourth-order valence-electron chi connectivity index (χ4n) is 2.28. The number of fused-ring (bicyclic) bond motifs is 1. The van der Waals surface area contributed by atoms with E-state index in [2.05, 4.69) is 15.6 Å². The lowest BCUT2D eigenvalue weighted by atomic mass is 9.79. The minimum atomic E-state index is -0.401. The Balaban J connectivity index is 1.88. The van der Waals surface area contributed by atoms with Gasteiger partial charge in [0, 0.05) is 7.05 Å². The first-order chi connectivity index (χ1) is 10.7. The molecule has 23 heavy (non-hydrogen) atoms. The number of amides is 2. The molecule has 3 rings (SSSR count). The molecule has 2 N–H and O–H groups in total. The van der Waals surface area contributed by atoms with Crippen LogP contribution in [0.5, 0.6) is 0 Å². The van der Waals surface area contributed by atoms with Gasteiger partial charge in [0.25, 0.3) is 0 Å². The van der Waals surface area contributed by atoms with Crippen LogP contribution in [-0.2, 0) is 9.31 Å². The van der Waals surface area contributed by atoms with Crippen molar-refractivity contribution in [2.24, 2.45) is 0 Å². The Hall–Kier alpha value is -1.64. The number of nitrogens with zero attached hydrogens (tertiary/aromatic N) is 1. The van der Waals surface area contributed by atoms with Crippen molar-refractivity contribution in [1.29, 1.82) is 0 Å². The smallest absolute Gasteiger partial charge is 0.399 e. The summed E-state index contributed by atoms with van der Waals surface area (Å²) in [6.07, 6.45) is 0. The molecular weight excluding hydrogens is 313 g/mol. The van der Waals surface area contributed by atoms with Gasteiger partial charge in [-0.3, -0.25) is 5.32 Å². The van der Waals surface area contributed by atoms with Crippen LogP contribution in [0.3, 0.4) is 0 Å². The lowest BCUT2D eigenvalue weighted by Crippen LogP contribution is -2.41. The normalized spacial score (nSPS) is 19.1. The van der Waals surface area contributed by atoms with Crippen LogP contribution in [0.1, 0.15) is 27.7 Å². The van der Waals surface area contributed by atoms with Gasteiger partial charge < -0.3 is 14.6 Å². The highest BCUT2D eigenvalue weighted by Crippen LogP contribution is 2.36. The quantitative estimate of drug-likeness (QED) is 0.828. The summed E-state index contributed by atoms with van der Waals surface area (Å²) in [6.45, 7) is 8.13. The predicted octanol–water partition coefficient (Wildman–Crippen LogP) is 2.35. The standard InChI is InChI=1S/C15H20BN3O3S/c1-14(2)15(3,4)22-16(21-14)9-6-7-10-11(8-9)23-13(18-10)19-12(20)17-5/h6-8H,1-5H3,(H2,17,18,19,20). The Kier molecular flexibility index (Phi) is 3.86. The largest absolute Gasteiger partial charge is 0.494 e. The number of benzene rings is 1. The van der Waals surface area contributed by atoms with Crippen molar-refractivity contribution in [2.75, 3.05) is 12.4 Å². The van der Waals surface area contributed by atoms with Gasteiger partial charge in [0.2, 0.25) is 0 Å². The molecule has 1 saturated heterocycles. The van der Waals surface area contributed by atoms with Gasteiger partial charge in [-0.05, 0) is 45.3 Å². The van der Waals surface area contributed by atoms with E-state index < -0.39 is 7.12 Å². The molecule has 0 atom stereocenters. The van der Waals surface area contributed by atoms with Crippen LogP contribution in [0, 0.1) is 0 Å². The highest BCUT2D eigenvalue weighted by molar-refractivity contribution is 7.22. The number of carbonyl (C=O) groups excluding carboxylic acids is 1. The first-order valence-corrected chi connectivity index (χ1v) is 8.28. The van der Waals surface area contributed by atoms with Crippen LogP contribution >= 0.6 is 11.3 Å². The van der Waals surface area contributed by atoms with Gasteiger partial charge >= 0.3 is 13.1 Å². The van der Waals surface area contributed by atoms with Gasteiger partial charge in [0.1, 0.15) is 0 Å². The summed E-state index contributed by atoms with van der Waals surface area (Å²) >= 11 is 1.42. The van der Waals surface area contributed by atoms with E-state index in [0.717, 1.165) is 15.7 Å². The number of hydrogen-bond acceptors (Lipinski definition) is 5. The molecule has 0 unspecified atom stereocenters. The van der Waals surface area contributed by atoms with Crippen molar-refractivity contribution in [3.05, 3.63) is 18.2 Å². The molecule has 1 aromatic heterocycles. The van der Waals surface area contributed by atoms with E-state index in [1.165, 1.54) is 11.3 Å². The molecule has 0 bridgehead atoms. The molecule has 122 valence electrons. The zero-order valence-electron chi connectivity index (χ0n) is 13.9. The Bertz CT molecular complexity index is 744.